The predicted molar refractivity (Wildman–Crippen MR) is 104 cm³/mol. The smallest absolute Gasteiger partial charge is 0.247 e. The van der Waals surface area contributed by atoms with Crippen LogP contribution < -0.4 is 5.32 Å². The first kappa shape index (κ1) is 22.3. The van der Waals surface area contributed by atoms with Crippen molar-refractivity contribution in [2.24, 2.45) is 5.92 Å². The Morgan fingerprint density at radius 1 is 1.39 bits per heavy atom. The van der Waals surface area contributed by atoms with E-state index in [1.54, 1.807) is 38.0 Å². The summed E-state index contributed by atoms with van der Waals surface area (Å²) in [7, 11) is 1.66. The molecule has 1 aromatic rings. The molecule has 1 N–H and O–H groups in total. The van der Waals surface area contributed by atoms with Crippen molar-refractivity contribution in [3.8, 4) is 0 Å². The lowest BCUT2D eigenvalue weighted by atomic mass is 9.97. The van der Waals surface area contributed by atoms with Gasteiger partial charge in [0.15, 0.2) is 0 Å². The molecule has 0 aromatic heterocycles. The minimum Gasteiger partial charge on any atom is -0.384 e. The second-order valence-electron chi connectivity index (χ2n) is 7.29. The fourth-order valence-corrected chi connectivity index (χ4v) is 3.44. The largest absolute Gasteiger partial charge is 0.384 e. The van der Waals surface area contributed by atoms with E-state index >= 15 is 0 Å². The Labute approximate surface area is 166 Å². The first-order valence-corrected chi connectivity index (χ1v) is 9.87. The maximum absolute atomic E-state index is 13.4. The number of rotatable bonds is 9. The van der Waals surface area contributed by atoms with Crippen molar-refractivity contribution in [3.05, 3.63) is 35.6 Å². The molecule has 2 rings (SSSR count). The average molecular weight is 394 g/mol. The van der Waals surface area contributed by atoms with E-state index in [-0.39, 0.29) is 30.7 Å². The third kappa shape index (κ3) is 6.56. The minimum absolute atomic E-state index is 0.144. The van der Waals surface area contributed by atoms with Crippen molar-refractivity contribution in [2.45, 2.75) is 51.9 Å². The molecule has 1 aliphatic rings. The number of carbonyl (C=O) groups excluding carboxylic acids is 2. The molecule has 1 heterocycles. The van der Waals surface area contributed by atoms with E-state index in [0.717, 1.165) is 12.8 Å². The zero-order valence-electron chi connectivity index (χ0n) is 16.9. The van der Waals surface area contributed by atoms with Gasteiger partial charge in [0.1, 0.15) is 11.9 Å². The van der Waals surface area contributed by atoms with Gasteiger partial charge in [-0.3, -0.25) is 9.59 Å². The summed E-state index contributed by atoms with van der Waals surface area (Å²) < 4.78 is 24.4. The monoisotopic (exact) mass is 394 g/mol. The summed E-state index contributed by atoms with van der Waals surface area (Å²) in [6.07, 6.45) is 1.67. The SMILES string of the molecule is CCC(=O)NC(C(=O)N1CCCC(COC)C1)C(C)OCc1cccc(F)c1. The number of likely N-dealkylation sites (tertiary alicyclic amines) is 1. The van der Waals surface area contributed by atoms with E-state index in [1.165, 1.54) is 12.1 Å². The van der Waals surface area contributed by atoms with E-state index in [9.17, 15) is 14.0 Å². The van der Waals surface area contributed by atoms with Gasteiger partial charge in [-0.15, -0.1) is 0 Å². The lowest BCUT2D eigenvalue weighted by Crippen LogP contribution is -2.56. The maximum atomic E-state index is 13.4. The van der Waals surface area contributed by atoms with Gasteiger partial charge >= 0.3 is 0 Å². The van der Waals surface area contributed by atoms with Crippen LogP contribution in [-0.4, -0.2) is 55.7 Å². The first-order valence-electron chi connectivity index (χ1n) is 9.87. The van der Waals surface area contributed by atoms with Crippen molar-refractivity contribution in [2.75, 3.05) is 26.8 Å². The number of hydrogen-bond donors (Lipinski definition) is 1. The number of nitrogens with zero attached hydrogens (tertiary/aromatic N) is 1. The number of halogens is 1. The standard InChI is InChI=1S/C21H31FN2O4/c1-4-19(25)23-20(15(2)28-14-16-7-5-9-18(22)11-16)21(26)24-10-6-8-17(12-24)13-27-3/h5,7,9,11,15,17,20H,4,6,8,10,12-14H2,1-3H3,(H,23,25). The summed E-state index contributed by atoms with van der Waals surface area (Å²) in [6.45, 7) is 5.55. The Morgan fingerprint density at radius 2 is 2.18 bits per heavy atom. The molecule has 7 heteroatoms. The first-order chi connectivity index (χ1) is 13.4. The Balaban J connectivity index is 2.04. The van der Waals surface area contributed by atoms with Crippen molar-refractivity contribution < 1.29 is 23.5 Å². The predicted octanol–water partition coefficient (Wildman–Crippen LogP) is 2.51. The molecule has 6 nitrogen and oxygen atoms in total. The number of ether oxygens (including phenoxy) is 2. The highest BCUT2D eigenvalue weighted by molar-refractivity contribution is 5.88. The second-order valence-corrected chi connectivity index (χ2v) is 7.29. The van der Waals surface area contributed by atoms with Crippen LogP contribution in [0.3, 0.4) is 0 Å². The number of amides is 2. The molecule has 0 radical (unpaired) electrons. The Kier molecular flexibility index (Phi) is 8.86. The van der Waals surface area contributed by atoms with Crippen LogP contribution in [-0.2, 0) is 25.7 Å². The molecule has 3 atom stereocenters. The molecule has 3 unspecified atom stereocenters. The number of methoxy groups -OCH3 is 1. The van der Waals surface area contributed by atoms with E-state index in [2.05, 4.69) is 5.32 Å². The van der Waals surface area contributed by atoms with Gasteiger partial charge in [-0.1, -0.05) is 19.1 Å². The Hall–Kier alpha value is -1.99. The van der Waals surface area contributed by atoms with Crippen LogP contribution in [0.4, 0.5) is 4.39 Å². The van der Waals surface area contributed by atoms with Gasteiger partial charge in [0.2, 0.25) is 11.8 Å². The Morgan fingerprint density at radius 3 is 2.86 bits per heavy atom. The molecular formula is C21H31FN2O4. The minimum atomic E-state index is -0.776. The zero-order chi connectivity index (χ0) is 20.5. The van der Waals surface area contributed by atoms with E-state index < -0.39 is 12.1 Å². The molecule has 0 bridgehead atoms. The second kappa shape index (κ2) is 11.1. The summed E-state index contributed by atoms with van der Waals surface area (Å²) >= 11 is 0. The highest BCUT2D eigenvalue weighted by atomic mass is 19.1. The highest BCUT2D eigenvalue weighted by Crippen LogP contribution is 2.19. The summed E-state index contributed by atoms with van der Waals surface area (Å²) in [5, 5.41) is 2.80. The van der Waals surface area contributed by atoms with Crippen molar-refractivity contribution in [1.82, 2.24) is 10.2 Å². The van der Waals surface area contributed by atoms with Crippen molar-refractivity contribution in [3.63, 3.8) is 0 Å². The van der Waals surface area contributed by atoms with Crippen LogP contribution in [0.5, 0.6) is 0 Å². The number of nitrogens with one attached hydrogen (secondary N) is 1. The van der Waals surface area contributed by atoms with E-state index in [0.29, 0.717) is 31.2 Å². The van der Waals surface area contributed by atoms with Gasteiger partial charge in [0.25, 0.3) is 0 Å². The number of hydrogen-bond acceptors (Lipinski definition) is 4. The van der Waals surface area contributed by atoms with Crippen molar-refractivity contribution >= 4 is 11.8 Å². The fraction of sp³-hybridized carbons (Fsp3) is 0.619. The quantitative estimate of drug-likeness (QED) is 0.699. The molecule has 0 aliphatic carbocycles. The third-order valence-electron chi connectivity index (χ3n) is 5.01. The molecule has 156 valence electrons. The number of benzene rings is 1. The molecule has 2 amide bonds. The summed E-state index contributed by atoms with van der Waals surface area (Å²) in [5.41, 5.74) is 0.679. The number of carbonyl (C=O) groups is 2. The van der Waals surface area contributed by atoms with E-state index in [1.807, 2.05) is 0 Å². The topological polar surface area (TPSA) is 67.9 Å². The van der Waals surface area contributed by atoms with Gasteiger partial charge in [-0.25, -0.2) is 4.39 Å². The molecule has 1 aliphatic heterocycles. The van der Waals surface area contributed by atoms with Crippen LogP contribution >= 0.6 is 0 Å². The summed E-state index contributed by atoms with van der Waals surface area (Å²) in [4.78, 5) is 26.9. The lowest BCUT2D eigenvalue weighted by molar-refractivity contribution is -0.143. The van der Waals surface area contributed by atoms with Crippen LogP contribution in [0, 0.1) is 11.7 Å². The van der Waals surface area contributed by atoms with Crippen molar-refractivity contribution in [1.29, 1.82) is 0 Å². The van der Waals surface area contributed by atoms with E-state index in [4.69, 9.17) is 9.47 Å². The summed E-state index contributed by atoms with van der Waals surface area (Å²) in [6, 6.07) is 5.37. The van der Waals surface area contributed by atoms with Crippen LogP contribution in [0.15, 0.2) is 24.3 Å². The van der Waals surface area contributed by atoms with Crippen LogP contribution in [0.25, 0.3) is 0 Å². The number of piperidine rings is 1. The molecule has 0 saturated carbocycles. The summed E-state index contributed by atoms with van der Waals surface area (Å²) in [5.74, 6) is -0.383. The average Bonchev–Trinajstić information content (AvgIpc) is 2.70. The molecule has 28 heavy (non-hydrogen) atoms. The fourth-order valence-electron chi connectivity index (χ4n) is 3.44. The van der Waals surface area contributed by atoms with Gasteiger partial charge in [-0.2, -0.15) is 0 Å². The molecular weight excluding hydrogens is 363 g/mol. The molecule has 1 saturated heterocycles. The normalized spacial score (nSPS) is 19.1. The zero-order valence-corrected chi connectivity index (χ0v) is 16.9. The van der Waals surface area contributed by atoms with Gasteiger partial charge in [-0.05, 0) is 43.4 Å². The highest BCUT2D eigenvalue weighted by Gasteiger charge is 2.33. The van der Waals surface area contributed by atoms with Gasteiger partial charge in [0.05, 0.1) is 19.3 Å². The maximum Gasteiger partial charge on any atom is 0.247 e. The molecule has 1 fully saturated rings. The molecule has 0 spiro atoms. The molecule has 1 aromatic carbocycles. The van der Waals surface area contributed by atoms with Gasteiger partial charge in [0, 0.05) is 26.6 Å². The van der Waals surface area contributed by atoms with Crippen LogP contribution in [0.1, 0.15) is 38.7 Å². The lowest BCUT2D eigenvalue weighted by Gasteiger charge is -2.36. The Bertz CT molecular complexity index is 653. The van der Waals surface area contributed by atoms with Gasteiger partial charge < -0.3 is 19.7 Å². The third-order valence-corrected chi connectivity index (χ3v) is 5.01. The van der Waals surface area contributed by atoms with Crippen LogP contribution in [0.2, 0.25) is 0 Å².